The molecule has 0 unspecified atom stereocenters. The van der Waals surface area contributed by atoms with Gasteiger partial charge in [-0.2, -0.15) is 0 Å². The second-order valence-electron chi connectivity index (χ2n) is 3.66. The van der Waals surface area contributed by atoms with Crippen LogP contribution < -0.4 is 4.74 Å². The number of carbonyl (C=O) groups is 1. The van der Waals surface area contributed by atoms with Gasteiger partial charge in [-0.25, -0.2) is 4.39 Å². The molecule has 4 heteroatoms. The molecule has 0 N–H and O–H groups in total. The summed E-state index contributed by atoms with van der Waals surface area (Å²) in [5.74, 6) is -0.855. The van der Waals surface area contributed by atoms with Gasteiger partial charge in [-0.1, -0.05) is 29.8 Å². The Morgan fingerprint density at radius 3 is 2.61 bits per heavy atom. The van der Waals surface area contributed by atoms with Gasteiger partial charge in [-0.15, -0.1) is 0 Å². The summed E-state index contributed by atoms with van der Waals surface area (Å²) in [7, 11) is 1.39. The maximum atomic E-state index is 13.7. The monoisotopic (exact) mass is 264 g/mol. The van der Waals surface area contributed by atoms with Crippen LogP contribution in [0.3, 0.4) is 0 Å². The molecular weight excluding hydrogens is 255 g/mol. The molecule has 18 heavy (non-hydrogen) atoms. The van der Waals surface area contributed by atoms with Gasteiger partial charge in [0.1, 0.15) is 17.1 Å². The van der Waals surface area contributed by atoms with Crippen LogP contribution in [0.1, 0.15) is 15.9 Å². The van der Waals surface area contributed by atoms with E-state index in [0.717, 1.165) is 0 Å². The number of hydrogen-bond acceptors (Lipinski definition) is 2. The van der Waals surface area contributed by atoms with E-state index >= 15 is 0 Å². The summed E-state index contributed by atoms with van der Waals surface area (Å²) in [4.78, 5) is 12.2. The van der Waals surface area contributed by atoms with Crippen LogP contribution in [0.2, 0.25) is 5.02 Å². The second-order valence-corrected chi connectivity index (χ2v) is 4.09. The molecule has 0 saturated heterocycles. The number of carbonyl (C=O) groups excluding carboxylic acids is 1. The summed E-state index contributed by atoms with van der Waals surface area (Å²) in [5, 5.41) is 0.427. The van der Waals surface area contributed by atoms with Crippen LogP contribution in [0, 0.1) is 5.82 Å². The van der Waals surface area contributed by atoms with Crippen molar-refractivity contribution in [2.24, 2.45) is 0 Å². The lowest BCUT2D eigenvalue weighted by Gasteiger charge is -2.08. The Bertz CT molecular complexity index is 596. The Hall–Kier alpha value is -1.87. The zero-order chi connectivity index (χ0) is 13.1. The highest BCUT2D eigenvalue weighted by atomic mass is 35.5. The maximum Gasteiger partial charge on any atom is 0.199 e. The van der Waals surface area contributed by atoms with Crippen molar-refractivity contribution in [2.45, 2.75) is 0 Å². The molecular formula is C14H10ClFO2. The van der Waals surface area contributed by atoms with Crippen molar-refractivity contribution in [1.29, 1.82) is 0 Å². The van der Waals surface area contributed by atoms with Crippen molar-refractivity contribution in [3.63, 3.8) is 0 Å². The van der Waals surface area contributed by atoms with E-state index in [1.54, 1.807) is 24.3 Å². The molecule has 0 atom stereocenters. The molecule has 92 valence electrons. The number of rotatable bonds is 3. The minimum Gasteiger partial charge on any atom is -0.496 e. The van der Waals surface area contributed by atoms with Gasteiger partial charge >= 0.3 is 0 Å². The third-order valence-corrected chi connectivity index (χ3v) is 2.74. The summed E-state index contributed by atoms with van der Waals surface area (Å²) >= 11 is 5.81. The van der Waals surface area contributed by atoms with Gasteiger partial charge in [0.2, 0.25) is 0 Å². The molecule has 0 aromatic heterocycles. The van der Waals surface area contributed by atoms with Crippen LogP contribution in [-0.4, -0.2) is 12.9 Å². The highest BCUT2D eigenvalue weighted by Gasteiger charge is 2.19. The number of methoxy groups -OCH3 is 1. The Kier molecular flexibility index (Phi) is 3.63. The van der Waals surface area contributed by atoms with Gasteiger partial charge < -0.3 is 4.74 Å². The van der Waals surface area contributed by atoms with E-state index in [4.69, 9.17) is 16.3 Å². The molecule has 0 saturated carbocycles. The fourth-order valence-corrected chi connectivity index (χ4v) is 1.86. The van der Waals surface area contributed by atoms with Gasteiger partial charge in [0, 0.05) is 10.6 Å². The maximum absolute atomic E-state index is 13.7. The molecule has 0 spiro atoms. The van der Waals surface area contributed by atoms with E-state index in [-0.39, 0.29) is 11.3 Å². The molecule has 0 amide bonds. The van der Waals surface area contributed by atoms with E-state index in [0.29, 0.717) is 10.6 Å². The van der Waals surface area contributed by atoms with Crippen molar-refractivity contribution >= 4 is 17.4 Å². The summed E-state index contributed by atoms with van der Waals surface area (Å²) in [6.45, 7) is 0. The van der Waals surface area contributed by atoms with Crippen LogP contribution in [0.15, 0.2) is 42.5 Å². The number of ether oxygens (including phenoxy) is 1. The summed E-state index contributed by atoms with van der Waals surface area (Å²) in [6.07, 6.45) is 0. The predicted octanol–water partition coefficient (Wildman–Crippen LogP) is 3.72. The average Bonchev–Trinajstić information content (AvgIpc) is 2.37. The molecule has 2 aromatic carbocycles. The molecule has 0 radical (unpaired) electrons. The van der Waals surface area contributed by atoms with Gasteiger partial charge in [0.05, 0.1) is 7.11 Å². The Morgan fingerprint density at radius 2 is 1.94 bits per heavy atom. The van der Waals surface area contributed by atoms with Crippen LogP contribution in [0.25, 0.3) is 0 Å². The van der Waals surface area contributed by atoms with Crippen LogP contribution in [0.4, 0.5) is 4.39 Å². The molecule has 0 bridgehead atoms. The van der Waals surface area contributed by atoms with E-state index in [2.05, 4.69) is 0 Å². The largest absolute Gasteiger partial charge is 0.496 e. The van der Waals surface area contributed by atoms with Crippen molar-refractivity contribution in [2.75, 3.05) is 7.11 Å². The van der Waals surface area contributed by atoms with E-state index in [1.165, 1.54) is 25.3 Å². The number of hydrogen-bond donors (Lipinski definition) is 0. The Morgan fingerprint density at radius 1 is 1.22 bits per heavy atom. The molecule has 0 aliphatic heterocycles. The Labute approximate surface area is 109 Å². The van der Waals surface area contributed by atoms with Crippen molar-refractivity contribution in [3.8, 4) is 5.75 Å². The summed E-state index contributed by atoms with van der Waals surface area (Å²) < 4.78 is 18.7. The average molecular weight is 265 g/mol. The Balaban J connectivity index is 2.52. The van der Waals surface area contributed by atoms with Crippen LogP contribution in [-0.2, 0) is 0 Å². The fraction of sp³-hybridized carbons (Fsp3) is 0.0714. The SMILES string of the molecule is COc1cccc(F)c1C(=O)c1cccc(Cl)c1. The summed E-state index contributed by atoms with van der Waals surface area (Å²) in [6, 6.07) is 10.6. The van der Waals surface area contributed by atoms with E-state index in [1.807, 2.05) is 0 Å². The first kappa shape index (κ1) is 12.6. The van der Waals surface area contributed by atoms with Crippen LogP contribution >= 0.6 is 11.6 Å². The normalized spacial score (nSPS) is 10.2. The third kappa shape index (κ3) is 2.36. The zero-order valence-corrected chi connectivity index (χ0v) is 10.4. The minimum absolute atomic E-state index is 0.0812. The van der Waals surface area contributed by atoms with E-state index < -0.39 is 11.6 Å². The smallest absolute Gasteiger partial charge is 0.199 e. The lowest BCUT2D eigenvalue weighted by Crippen LogP contribution is -2.06. The molecule has 0 fully saturated rings. The van der Waals surface area contributed by atoms with Gasteiger partial charge in [0.15, 0.2) is 5.78 Å². The quantitative estimate of drug-likeness (QED) is 0.790. The molecule has 0 heterocycles. The van der Waals surface area contributed by atoms with Gasteiger partial charge in [-0.05, 0) is 24.3 Å². The molecule has 0 aliphatic rings. The number of benzene rings is 2. The predicted molar refractivity (Wildman–Crippen MR) is 67.8 cm³/mol. The lowest BCUT2D eigenvalue weighted by atomic mass is 10.0. The third-order valence-electron chi connectivity index (χ3n) is 2.51. The molecule has 2 rings (SSSR count). The van der Waals surface area contributed by atoms with Crippen molar-refractivity contribution in [1.82, 2.24) is 0 Å². The zero-order valence-electron chi connectivity index (χ0n) is 9.61. The standard InChI is InChI=1S/C14H10ClFO2/c1-18-12-7-3-6-11(16)13(12)14(17)9-4-2-5-10(15)8-9/h2-8H,1H3. The van der Waals surface area contributed by atoms with Gasteiger partial charge in [0.25, 0.3) is 0 Å². The highest BCUT2D eigenvalue weighted by molar-refractivity contribution is 6.31. The first-order chi connectivity index (χ1) is 8.63. The first-order valence-electron chi connectivity index (χ1n) is 5.26. The first-order valence-corrected chi connectivity index (χ1v) is 5.64. The van der Waals surface area contributed by atoms with Crippen molar-refractivity contribution < 1.29 is 13.9 Å². The lowest BCUT2D eigenvalue weighted by molar-refractivity contribution is 0.103. The number of ketones is 1. The van der Waals surface area contributed by atoms with Gasteiger partial charge in [-0.3, -0.25) is 4.79 Å². The summed E-state index contributed by atoms with van der Waals surface area (Å²) in [5.41, 5.74) is 0.244. The number of halogens is 2. The second kappa shape index (κ2) is 5.19. The van der Waals surface area contributed by atoms with Crippen molar-refractivity contribution in [3.05, 3.63) is 64.4 Å². The fourth-order valence-electron chi connectivity index (χ4n) is 1.67. The minimum atomic E-state index is -0.612. The molecule has 2 aromatic rings. The molecule has 0 aliphatic carbocycles. The molecule has 2 nitrogen and oxygen atoms in total. The van der Waals surface area contributed by atoms with Crippen LogP contribution in [0.5, 0.6) is 5.75 Å². The van der Waals surface area contributed by atoms with E-state index in [9.17, 15) is 9.18 Å². The highest BCUT2D eigenvalue weighted by Crippen LogP contribution is 2.25. The topological polar surface area (TPSA) is 26.3 Å².